The molecule has 1 unspecified atom stereocenters. The predicted molar refractivity (Wildman–Crippen MR) is 90.8 cm³/mol. The lowest BCUT2D eigenvalue weighted by Gasteiger charge is -2.09. The molecule has 128 valence electrons. The minimum absolute atomic E-state index is 0. The van der Waals surface area contributed by atoms with Crippen LogP contribution in [0.2, 0.25) is 0 Å². The number of pyridine rings is 1. The van der Waals surface area contributed by atoms with Gasteiger partial charge in [0.05, 0.1) is 0 Å². The molecule has 0 aromatic carbocycles. The van der Waals surface area contributed by atoms with Crippen molar-refractivity contribution in [1.82, 2.24) is 9.88 Å². The molecule has 6 N–H and O–H groups in total. The molecule has 1 aromatic heterocycles. The average molecular weight is 355 g/mol. The van der Waals surface area contributed by atoms with Crippen LogP contribution in [0.5, 0.6) is 5.75 Å². The Kier molecular flexibility index (Phi) is 12.8. The van der Waals surface area contributed by atoms with Crippen LogP contribution in [0.4, 0.5) is 0 Å². The van der Waals surface area contributed by atoms with Crippen LogP contribution in [0.15, 0.2) is 23.1 Å². The fourth-order valence-electron chi connectivity index (χ4n) is 1.70. The maximum Gasteiger partial charge on any atom is 0.292 e. The molecule has 0 aliphatic heterocycles. The molecule has 7 nitrogen and oxygen atoms in total. The number of aromatic nitrogens is 1. The van der Waals surface area contributed by atoms with Crippen LogP contribution < -0.4 is 22.3 Å². The molecule has 1 aromatic rings. The van der Waals surface area contributed by atoms with Crippen molar-refractivity contribution in [2.24, 2.45) is 11.5 Å². The third kappa shape index (κ3) is 8.23. The van der Waals surface area contributed by atoms with E-state index in [9.17, 15) is 14.7 Å². The number of hydrogen-bond donors (Lipinski definition) is 4. The van der Waals surface area contributed by atoms with Crippen LogP contribution in [0.25, 0.3) is 0 Å². The first-order chi connectivity index (χ1) is 9.54. The first kappa shape index (κ1) is 23.0. The summed E-state index contributed by atoms with van der Waals surface area (Å²) in [6, 6.07) is 2.80. The molecule has 22 heavy (non-hydrogen) atoms. The van der Waals surface area contributed by atoms with Gasteiger partial charge in [-0.05, 0) is 25.0 Å². The van der Waals surface area contributed by atoms with E-state index in [1.165, 1.54) is 10.6 Å². The van der Waals surface area contributed by atoms with Gasteiger partial charge >= 0.3 is 0 Å². The van der Waals surface area contributed by atoms with Gasteiger partial charge in [-0.15, -0.1) is 24.8 Å². The summed E-state index contributed by atoms with van der Waals surface area (Å²) in [5.74, 6) is -0.343. The number of nitrogens with two attached hydrogens (primary N) is 2. The first-order valence-corrected chi connectivity index (χ1v) is 6.65. The SMILES string of the molecule is Cl.Cl.NCC(N)CCC(=O)NCCCn1cccc(O)c1=O. The molecule has 1 amide bonds. The van der Waals surface area contributed by atoms with E-state index in [1.54, 1.807) is 12.3 Å². The van der Waals surface area contributed by atoms with E-state index in [1.807, 2.05) is 0 Å². The second-order valence-corrected chi connectivity index (χ2v) is 4.63. The largest absolute Gasteiger partial charge is 0.503 e. The molecular weight excluding hydrogens is 331 g/mol. The zero-order chi connectivity index (χ0) is 15.0. The number of hydrogen-bond acceptors (Lipinski definition) is 5. The molecule has 0 radical (unpaired) electrons. The van der Waals surface area contributed by atoms with E-state index < -0.39 is 5.56 Å². The van der Waals surface area contributed by atoms with E-state index in [0.717, 1.165) is 0 Å². The summed E-state index contributed by atoms with van der Waals surface area (Å²) in [5, 5.41) is 12.0. The van der Waals surface area contributed by atoms with Crippen LogP contribution in [-0.2, 0) is 11.3 Å². The van der Waals surface area contributed by atoms with Gasteiger partial charge in [-0.25, -0.2) is 0 Å². The molecule has 9 heteroatoms. The molecule has 1 heterocycles. The number of rotatable bonds is 8. The standard InChI is InChI=1S/C13H22N4O3.2ClH/c14-9-10(15)4-5-12(19)16-6-2-8-17-7-1-3-11(18)13(17)20;;/h1,3,7,10,18H,2,4-6,8-9,14-15H2,(H,16,19);2*1H. The van der Waals surface area contributed by atoms with E-state index in [-0.39, 0.29) is 42.5 Å². The number of carbonyl (C=O) groups is 1. The third-order valence-electron chi connectivity index (χ3n) is 2.94. The quantitative estimate of drug-likeness (QED) is 0.488. The monoisotopic (exact) mass is 354 g/mol. The Bertz CT molecular complexity index is 496. The van der Waals surface area contributed by atoms with Crippen molar-refractivity contribution >= 4 is 30.7 Å². The van der Waals surface area contributed by atoms with Gasteiger partial charge in [0.1, 0.15) is 0 Å². The van der Waals surface area contributed by atoms with Gasteiger partial charge in [0, 0.05) is 38.3 Å². The second kappa shape index (κ2) is 12.3. The highest BCUT2D eigenvalue weighted by atomic mass is 35.5. The molecule has 1 atom stereocenters. The van der Waals surface area contributed by atoms with Gasteiger partial charge in [0.15, 0.2) is 5.75 Å². The number of aryl methyl sites for hydroxylation is 1. The Morgan fingerprint density at radius 3 is 2.73 bits per heavy atom. The van der Waals surface area contributed by atoms with E-state index in [4.69, 9.17) is 11.5 Å². The number of amides is 1. The van der Waals surface area contributed by atoms with Gasteiger partial charge in [-0.1, -0.05) is 0 Å². The fraction of sp³-hybridized carbons (Fsp3) is 0.538. The normalized spacial score (nSPS) is 11.0. The van der Waals surface area contributed by atoms with Crippen molar-refractivity contribution in [3.05, 3.63) is 28.7 Å². The van der Waals surface area contributed by atoms with Crippen LogP contribution in [0.3, 0.4) is 0 Å². The summed E-state index contributed by atoms with van der Waals surface area (Å²) >= 11 is 0. The smallest absolute Gasteiger partial charge is 0.292 e. The molecule has 0 saturated heterocycles. The van der Waals surface area contributed by atoms with Gasteiger partial charge < -0.3 is 26.5 Å². The number of nitrogens with zero attached hydrogens (tertiary/aromatic N) is 1. The second-order valence-electron chi connectivity index (χ2n) is 4.63. The zero-order valence-corrected chi connectivity index (χ0v) is 13.9. The Labute approximate surface area is 141 Å². The van der Waals surface area contributed by atoms with Gasteiger partial charge in [-0.2, -0.15) is 0 Å². The average Bonchev–Trinajstić information content (AvgIpc) is 2.45. The van der Waals surface area contributed by atoms with E-state index in [2.05, 4.69) is 5.32 Å². The van der Waals surface area contributed by atoms with Crippen molar-refractivity contribution in [3.63, 3.8) is 0 Å². The number of carbonyl (C=O) groups excluding carboxylic acids is 1. The van der Waals surface area contributed by atoms with Crippen molar-refractivity contribution in [3.8, 4) is 5.75 Å². The first-order valence-electron chi connectivity index (χ1n) is 6.65. The lowest BCUT2D eigenvalue weighted by atomic mass is 10.1. The highest BCUT2D eigenvalue weighted by Gasteiger charge is 2.05. The lowest BCUT2D eigenvalue weighted by Crippen LogP contribution is -2.32. The topological polar surface area (TPSA) is 123 Å². The van der Waals surface area contributed by atoms with Crippen molar-refractivity contribution in [1.29, 1.82) is 0 Å². The van der Waals surface area contributed by atoms with Crippen LogP contribution in [0.1, 0.15) is 19.3 Å². The summed E-state index contributed by atoms with van der Waals surface area (Å²) in [4.78, 5) is 23.0. The van der Waals surface area contributed by atoms with Crippen molar-refractivity contribution < 1.29 is 9.90 Å². The zero-order valence-electron chi connectivity index (χ0n) is 12.2. The van der Waals surface area contributed by atoms with Gasteiger partial charge in [-0.3, -0.25) is 9.59 Å². The Morgan fingerprint density at radius 1 is 1.41 bits per heavy atom. The molecule has 0 spiro atoms. The third-order valence-corrected chi connectivity index (χ3v) is 2.94. The Balaban J connectivity index is 0. The maximum atomic E-state index is 11.5. The molecule has 0 saturated carbocycles. The summed E-state index contributed by atoms with van der Waals surface area (Å²) in [6.07, 6.45) is 3.13. The molecule has 0 aliphatic carbocycles. The van der Waals surface area contributed by atoms with Gasteiger partial charge in [0.2, 0.25) is 5.91 Å². The summed E-state index contributed by atoms with van der Waals surface area (Å²) in [5.41, 5.74) is 10.6. The molecule has 0 fully saturated rings. The summed E-state index contributed by atoms with van der Waals surface area (Å²) in [7, 11) is 0. The highest BCUT2D eigenvalue weighted by molar-refractivity contribution is 5.85. The van der Waals surface area contributed by atoms with Crippen LogP contribution in [-0.4, -0.2) is 34.7 Å². The van der Waals surface area contributed by atoms with Crippen LogP contribution in [0, 0.1) is 0 Å². The summed E-state index contributed by atoms with van der Waals surface area (Å²) in [6.45, 7) is 1.28. The van der Waals surface area contributed by atoms with Crippen LogP contribution >= 0.6 is 24.8 Å². The summed E-state index contributed by atoms with van der Waals surface area (Å²) < 4.78 is 1.41. The maximum absolute atomic E-state index is 11.5. The minimum atomic E-state index is -0.423. The van der Waals surface area contributed by atoms with Crippen molar-refractivity contribution in [2.75, 3.05) is 13.1 Å². The minimum Gasteiger partial charge on any atom is -0.503 e. The highest BCUT2D eigenvalue weighted by Crippen LogP contribution is 1.98. The molecule has 0 bridgehead atoms. The Morgan fingerprint density at radius 2 is 2.09 bits per heavy atom. The van der Waals surface area contributed by atoms with Crippen molar-refractivity contribution in [2.45, 2.75) is 31.8 Å². The Hall–Kier alpha value is -1.28. The van der Waals surface area contributed by atoms with E-state index in [0.29, 0.717) is 38.9 Å². The molecule has 0 aliphatic rings. The lowest BCUT2D eigenvalue weighted by molar-refractivity contribution is -0.121. The fourth-order valence-corrected chi connectivity index (χ4v) is 1.70. The number of aromatic hydroxyl groups is 1. The number of nitrogens with one attached hydrogen (secondary N) is 1. The molecular formula is C13H24Cl2N4O3. The number of halogens is 2. The van der Waals surface area contributed by atoms with Gasteiger partial charge in [0.25, 0.3) is 5.56 Å². The predicted octanol–water partition coefficient (Wildman–Crippen LogP) is -0.0300. The van der Waals surface area contributed by atoms with E-state index >= 15 is 0 Å². The molecule has 1 rings (SSSR count).